The van der Waals surface area contributed by atoms with Crippen LogP contribution in [0.25, 0.3) is 0 Å². The van der Waals surface area contributed by atoms with Crippen molar-refractivity contribution in [2.24, 2.45) is 0 Å². The summed E-state index contributed by atoms with van der Waals surface area (Å²) in [5, 5.41) is 0. The minimum Gasteiger partial charge on any atom is -0.463 e. The van der Waals surface area contributed by atoms with Crippen molar-refractivity contribution < 1.29 is 50.1 Å². The molecule has 4 rings (SSSR count). The number of likely N-dealkylation sites (tertiary alicyclic amines) is 1. The van der Waals surface area contributed by atoms with E-state index < -0.39 is 47.2 Å². The van der Waals surface area contributed by atoms with Crippen molar-refractivity contribution in [1.29, 1.82) is 0 Å². The fourth-order valence-corrected chi connectivity index (χ4v) is 5.30. The lowest BCUT2D eigenvalue weighted by Gasteiger charge is -2.47. The van der Waals surface area contributed by atoms with Crippen LogP contribution in [0.15, 0.2) is 90.5 Å². The normalized spacial score (nSPS) is 18.7. The van der Waals surface area contributed by atoms with Crippen molar-refractivity contribution >= 4 is 12.1 Å². The smallest absolute Gasteiger partial charge is 0.416 e. The standard InChI is InChI=1S/C34H33F6NO5/c1-3-44-30(42)16-25-14-15-32(27-12-8-5-9-13-27,41(20-25)31(43)45-21-24-10-6-4-7-11-24)22-46-23(2)26-17-28(33(35,36)37)19-29(18-26)34(38,39)40/h4-13,16-19,23H,3,14-15,20-22H2,1-2H3/t23-,32-/m1/s1. The number of amides is 1. The van der Waals surface area contributed by atoms with E-state index in [0.29, 0.717) is 29.7 Å². The van der Waals surface area contributed by atoms with Crippen LogP contribution in [0, 0.1) is 0 Å². The molecule has 0 unspecified atom stereocenters. The molecule has 1 aliphatic rings. The molecule has 2 atom stereocenters. The largest absolute Gasteiger partial charge is 0.463 e. The maximum absolute atomic E-state index is 13.8. The van der Waals surface area contributed by atoms with Gasteiger partial charge in [0.2, 0.25) is 0 Å². The van der Waals surface area contributed by atoms with Crippen molar-refractivity contribution in [2.75, 3.05) is 19.8 Å². The minimum absolute atomic E-state index is 0.0602. The first kappa shape index (κ1) is 34.6. The zero-order valence-corrected chi connectivity index (χ0v) is 25.2. The molecule has 1 heterocycles. The van der Waals surface area contributed by atoms with Crippen molar-refractivity contribution in [2.45, 2.75) is 57.3 Å². The molecule has 0 saturated carbocycles. The van der Waals surface area contributed by atoms with E-state index in [0.717, 1.165) is 5.56 Å². The van der Waals surface area contributed by atoms with E-state index in [2.05, 4.69) is 0 Å². The Hall–Kier alpha value is -4.32. The van der Waals surface area contributed by atoms with E-state index in [1.165, 1.54) is 17.9 Å². The molecule has 1 fully saturated rings. The quantitative estimate of drug-likeness (QED) is 0.132. The summed E-state index contributed by atoms with van der Waals surface area (Å²) in [4.78, 5) is 27.5. The molecule has 3 aromatic carbocycles. The van der Waals surface area contributed by atoms with E-state index in [9.17, 15) is 35.9 Å². The highest BCUT2D eigenvalue weighted by molar-refractivity contribution is 5.83. The summed E-state index contributed by atoms with van der Waals surface area (Å²) in [6.45, 7) is 2.72. The number of nitrogens with zero attached hydrogens (tertiary/aromatic N) is 1. The van der Waals surface area contributed by atoms with Crippen LogP contribution in [-0.2, 0) is 43.5 Å². The van der Waals surface area contributed by atoms with Crippen LogP contribution in [0.5, 0.6) is 0 Å². The topological polar surface area (TPSA) is 65.1 Å². The molecule has 6 nitrogen and oxygen atoms in total. The number of rotatable bonds is 9. The number of hydrogen-bond donors (Lipinski definition) is 0. The number of carbonyl (C=O) groups excluding carboxylic acids is 2. The first-order chi connectivity index (χ1) is 21.7. The first-order valence-corrected chi connectivity index (χ1v) is 14.5. The van der Waals surface area contributed by atoms with E-state index in [4.69, 9.17) is 14.2 Å². The highest BCUT2D eigenvalue weighted by atomic mass is 19.4. The van der Waals surface area contributed by atoms with Crippen LogP contribution in [0.1, 0.15) is 60.6 Å². The molecule has 0 spiro atoms. The average Bonchev–Trinajstić information content (AvgIpc) is 3.03. The Morgan fingerprint density at radius 3 is 2.04 bits per heavy atom. The van der Waals surface area contributed by atoms with Gasteiger partial charge in [-0.25, -0.2) is 9.59 Å². The number of piperidine rings is 1. The maximum Gasteiger partial charge on any atom is 0.416 e. The van der Waals surface area contributed by atoms with Gasteiger partial charge in [0.15, 0.2) is 0 Å². The maximum atomic E-state index is 13.8. The summed E-state index contributed by atoms with van der Waals surface area (Å²) in [6, 6.07) is 19.0. The summed E-state index contributed by atoms with van der Waals surface area (Å²) in [6.07, 6.45) is -10.2. The Balaban J connectivity index is 1.71. The van der Waals surface area contributed by atoms with Crippen molar-refractivity contribution in [3.05, 3.63) is 118 Å². The van der Waals surface area contributed by atoms with Gasteiger partial charge in [-0.1, -0.05) is 60.7 Å². The molecule has 0 aromatic heterocycles. The predicted octanol–water partition coefficient (Wildman–Crippen LogP) is 8.62. The van der Waals surface area contributed by atoms with Crippen LogP contribution < -0.4 is 0 Å². The monoisotopic (exact) mass is 649 g/mol. The Labute approximate surface area is 262 Å². The van der Waals surface area contributed by atoms with Gasteiger partial charge >= 0.3 is 24.4 Å². The van der Waals surface area contributed by atoms with Gasteiger partial charge in [0, 0.05) is 12.6 Å². The molecule has 1 aliphatic heterocycles. The van der Waals surface area contributed by atoms with Crippen molar-refractivity contribution in [3.8, 4) is 0 Å². The SMILES string of the molecule is CCOC(=O)C=C1CC[C@@](CO[C@H](C)c2cc(C(F)(F)F)cc(C(F)(F)F)c2)(c2ccccc2)N(C(=O)OCc2ccccc2)C1. The van der Waals surface area contributed by atoms with Gasteiger partial charge in [0.05, 0.1) is 36.0 Å². The predicted molar refractivity (Wildman–Crippen MR) is 156 cm³/mol. The van der Waals surface area contributed by atoms with Crippen LogP contribution >= 0.6 is 0 Å². The molecule has 0 aliphatic carbocycles. The second-order valence-corrected chi connectivity index (χ2v) is 10.9. The zero-order chi connectivity index (χ0) is 33.5. The third-order valence-electron chi connectivity index (χ3n) is 7.73. The van der Waals surface area contributed by atoms with Crippen LogP contribution in [0.4, 0.5) is 31.1 Å². The molecule has 3 aromatic rings. The van der Waals surface area contributed by atoms with Gasteiger partial charge in [-0.15, -0.1) is 0 Å². The van der Waals surface area contributed by atoms with Crippen molar-refractivity contribution in [3.63, 3.8) is 0 Å². The molecular formula is C34H33F6NO5. The Bertz CT molecular complexity index is 1490. The summed E-state index contributed by atoms with van der Waals surface area (Å²) in [5.41, 5.74) is -2.61. The van der Waals surface area contributed by atoms with E-state index in [1.807, 2.05) is 6.07 Å². The van der Waals surface area contributed by atoms with Crippen molar-refractivity contribution in [1.82, 2.24) is 4.90 Å². The summed E-state index contributed by atoms with van der Waals surface area (Å²) in [5.74, 6) is -0.586. The van der Waals surface area contributed by atoms with E-state index >= 15 is 0 Å². The molecule has 0 bridgehead atoms. The molecular weight excluding hydrogens is 616 g/mol. The zero-order valence-electron chi connectivity index (χ0n) is 25.2. The Kier molecular flexibility index (Phi) is 10.8. The molecule has 0 N–H and O–H groups in total. The van der Waals surface area contributed by atoms with Gasteiger partial charge in [-0.2, -0.15) is 26.3 Å². The van der Waals surface area contributed by atoms with Gasteiger partial charge in [-0.05, 0) is 67.2 Å². The highest BCUT2D eigenvalue weighted by Crippen LogP contribution is 2.42. The fourth-order valence-electron chi connectivity index (χ4n) is 5.30. The summed E-state index contributed by atoms with van der Waals surface area (Å²) >= 11 is 0. The number of hydrogen-bond acceptors (Lipinski definition) is 5. The average molecular weight is 650 g/mol. The summed E-state index contributed by atoms with van der Waals surface area (Å²) in [7, 11) is 0. The first-order valence-electron chi connectivity index (χ1n) is 14.5. The number of carbonyl (C=O) groups is 2. The van der Waals surface area contributed by atoms with Gasteiger partial charge < -0.3 is 14.2 Å². The van der Waals surface area contributed by atoms with Crippen LogP contribution in [0.2, 0.25) is 0 Å². The third kappa shape index (κ3) is 8.48. The lowest BCUT2D eigenvalue weighted by molar-refractivity contribution is -0.143. The van der Waals surface area contributed by atoms with Crippen LogP contribution in [-0.4, -0.2) is 36.7 Å². The van der Waals surface area contributed by atoms with Gasteiger partial charge in [0.1, 0.15) is 6.61 Å². The Morgan fingerprint density at radius 1 is 0.891 bits per heavy atom. The van der Waals surface area contributed by atoms with E-state index in [-0.39, 0.29) is 44.4 Å². The fraction of sp³-hybridized carbons (Fsp3) is 0.353. The lowest BCUT2D eigenvalue weighted by atomic mass is 9.79. The lowest BCUT2D eigenvalue weighted by Crippen LogP contribution is -2.56. The van der Waals surface area contributed by atoms with Gasteiger partial charge in [-0.3, -0.25) is 4.90 Å². The Morgan fingerprint density at radius 2 is 1.48 bits per heavy atom. The van der Waals surface area contributed by atoms with Crippen LogP contribution in [0.3, 0.4) is 0 Å². The number of halogens is 6. The number of alkyl halides is 6. The molecule has 46 heavy (non-hydrogen) atoms. The number of ether oxygens (including phenoxy) is 3. The number of benzene rings is 3. The molecule has 12 heteroatoms. The number of esters is 1. The van der Waals surface area contributed by atoms with Gasteiger partial charge in [0.25, 0.3) is 0 Å². The highest BCUT2D eigenvalue weighted by Gasteiger charge is 2.46. The minimum atomic E-state index is -5.02. The third-order valence-corrected chi connectivity index (χ3v) is 7.73. The second-order valence-electron chi connectivity index (χ2n) is 10.9. The molecule has 1 amide bonds. The molecule has 246 valence electrons. The molecule has 0 radical (unpaired) electrons. The second kappa shape index (κ2) is 14.4. The molecule has 1 saturated heterocycles. The summed E-state index contributed by atoms with van der Waals surface area (Å²) < 4.78 is 98.2. The van der Waals surface area contributed by atoms with E-state index in [1.54, 1.807) is 61.5 Å².